The van der Waals surface area contributed by atoms with Crippen molar-refractivity contribution in [3.05, 3.63) is 21.3 Å². The molecule has 102 valence electrons. The Morgan fingerprint density at radius 2 is 2.28 bits per heavy atom. The first-order valence-electron chi connectivity index (χ1n) is 6.83. The number of halogens is 1. The van der Waals surface area contributed by atoms with Crippen molar-refractivity contribution < 1.29 is 4.74 Å². The second-order valence-corrected chi connectivity index (χ2v) is 6.84. The molecule has 1 aliphatic rings. The summed E-state index contributed by atoms with van der Waals surface area (Å²) in [6, 6.07) is 4.02. The number of thiophene rings is 1. The monoisotopic (exact) mass is 287 g/mol. The highest BCUT2D eigenvalue weighted by Crippen LogP contribution is 2.33. The smallest absolute Gasteiger partial charge is 0.107 e. The van der Waals surface area contributed by atoms with E-state index in [0.717, 1.165) is 28.2 Å². The van der Waals surface area contributed by atoms with Gasteiger partial charge in [0.15, 0.2) is 0 Å². The third-order valence-electron chi connectivity index (χ3n) is 3.78. The molecule has 2 rings (SSSR count). The molecule has 18 heavy (non-hydrogen) atoms. The third kappa shape index (κ3) is 3.70. The van der Waals surface area contributed by atoms with Crippen LogP contribution in [0.4, 0.5) is 0 Å². The minimum atomic E-state index is 0.00702. The zero-order chi connectivity index (χ0) is 13.0. The molecule has 1 aromatic heterocycles. The molecule has 1 heterocycles. The number of ether oxygens (including phenoxy) is 1. The molecule has 2 nitrogen and oxygen atoms in total. The third-order valence-corrected chi connectivity index (χ3v) is 5.08. The van der Waals surface area contributed by atoms with Crippen molar-refractivity contribution in [1.82, 2.24) is 0 Å². The van der Waals surface area contributed by atoms with Gasteiger partial charge in [0.1, 0.15) is 6.10 Å². The Morgan fingerprint density at radius 3 is 2.78 bits per heavy atom. The predicted molar refractivity (Wildman–Crippen MR) is 78.2 cm³/mol. The molecule has 0 aliphatic heterocycles. The summed E-state index contributed by atoms with van der Waals surface area (Å²) in [5.74, 6) is 0.885. The average molecular weight is 288 g/mol. The van der Waals surface area contributed by atoms with Crippen LogP contribution in [-0.4, -0.2) is 12.6 Å². The van der Waals surface area contributed by atoms with Crippen LogP contribution in [0, 0.1) is 5.92 Å². The van der Waals surface area contributed by atoms with Crippen molar-refractivity contribution in [1.29, 1.82) is 0 Å². The van der Waals surface area contributed by atoms with E-state index >= 15 is 0 Å². The van der Waals surface area contributed by atoms with E-state index in [-0.39, 0.29) is 12.1 Å². The Kier molecular flexibility index (Phi) is 5.49. The van der Waals surface area contributed by atoms with E-state index in [1.807, 2.05) is 12.1 Å². The minimum Gasteiger partial charge on any atom is -0.371 e. The maximum absolute atomic E-state index is 6.16. The van der Waals surface area contributed by atoms with Gasteiger partial charge in [0, 0.05) is 17.5 Å². The van der Waals surface area contributed by atoms with E-state index in [0.29, 0.717) is 0 Å². The van der Waals surface area contributed by atoms with Crippen LogP contribution in [0.3, 0.4) is 0 Å². The lowest BCUT2D eigenvalue weighted by Crippen LogP contribution is -2.29. The van der Waals surface area contributed by atoms with Crippen LogP contribution in [0.15, 0.2) is 12.1 Å². The molecule has 2 N–H and O–H groups in total. The molecular formula is C14H22ClNOS. The zero-order valence-corrected chi connectivity index (χ0v) is 12.5. The van der Waals surface area contributed by atoms with Gasteiger partial charge in [-0.15, -0.1) is 11.3 Å². The Bertz CT molecular complexity index is 364. The molecule has 0 radical (unpaired) electrons. The van der Waals surface area contributed by atoms with Crippen LogP contribution in [0.5, 0.6) is 0 Å². The van der Waals surface area contributed by atoms with Crippen LogP contribution in [0.2, 0.25) is 4.34 Å². The molecule has 2 unspecified atom stereocenters. The Balaban J connectivity index is 1.87. The van der Waals surface area contributed by atoms with Crippen LogP contribution >= 0.6 is 22.9 Å². The molecule has 0 bridgehead atoms. The maximum Gasteiger partial charge on any atom is 0.107 e. The lowest BCUT2D eigenvalue weighted by Gasteiger charge is -2.27. The van der Waals surface area contributed by atoms with Gasteiger partial charge in [-0.1, -0.05) is 37.8 Å². The van der Waals surface area contributed by atoms with E-state index in [2.05, 4.69) is 6.92 Å². The molecular weight excluding hydrogens is 266 g/mol. The van der Waals surface area contributed by atoms with Gasteiger partial charge in [-0.2, -0.15) is 0 Å². The number of hydrogen-bond acceptors (Lipinski definition) is 3. The molecule has 1 aromatic rings. The van der Waals surface area contributed by atoms with Gasteiger partial charge in [0.25, 0.3) is 0 Å². The summed E-state index contributed by atoms with van der Waals surface area (Å²) < 4.78 is 6.83. The van der Waals surface area contributed by atoms with Crippen LogP contribution in [0.1, 0.15) is 50.0 Å². The fourth-order valence-corrected chi connectivity index (χ4v) is 3.44. The Hall–Kier alpha value is -0.0900. The standard InChI is InChI=1S/C14H22ClNOS/c1-2-11(16)14(12-6-7-13(15)18-12)17-9-8-10-4-3-5-10/h6-7,10-11,14H,2-5,8-9,16H2,1H3. The molecule has 0 aromatic carbocycles. The summed E-state index contributed by atoms with van der Waals surface area (Å²) >= 11 is 7.57. The molecule has 4 heteroatoms. The highest BCUT2D eigenvalue weighted by Gasteiger charge is 2.23. The Labute approximate surface area is 118 Å². The van der Waals surface area contributed by atoms with Gasteiger partial charge in [0.2, 0.25) is 0 Å². The van der Waals surface area contributed by atoms with Gasteiger partial charge in [-0.25, -0.2) is 0 Å². The van der Waals surface area contributed by atoms with Crippen molar-refractivity contribution in [2.45, 2.75) is 51.2 Å². The summed E-state index contributed by atoms with van der Waals surface area (Å²) in [4.78, 5) is 1.16. The molecule has 0 saturated heterocycles. The van der Waals surface area contributed by atoms with E-state index in [4.69, 9.17) is 22.1 Å². The summed E-state index contributed by atoms with van der Waals surface area (Å²) in [6.45, 7) is 2.92. The summed E-state index contributed by atoms with van der Waals surface area (Å²) in [7, 11) is 0. The van der Waals surface area contributed by atoms with E-state index in [9.17, 15) is 0 Å². The second kappa shape index (κ2) is 6.90. The first-order chi connectivity index (χ1) is 8.70. The highest BCUT2D eigenvalue weighted by atomic mass is 35.5. The fraction of sp³-hybridized carbons (Fsp3) is 0.714. The molecule has 0 spiro atoms. The fourth-order valence-electron chi connectivity index (χ4n) is 2.26. The van der Waals surface area contributed by atoms with Gasteiger partial charge in [-0.05, 0) is 30.9 Å². The summed E-state index contributed by atoms with van der Waals surface area (Å²) in [5.41, 5.74) is 6.16. The van der Waals surface area contributed by atoms with E-state index in [1.165, 1.54) is 25.7 Å². The molecule has 1 fully saturated rings. The SMILES string of the molecule is CCC(N)C(OCCC1CCC1)c1ccc(Cl)s1. The van der Waals surface area contributed by atoms with Crippen molar-refractivity contribution in [2.75, 3.05) is 6.61 Å². The van der Waals surface area contributed by atoms with Crippen LogP contribution in [0.25, 0.3) is 0 Å². The van der Waals surface area contributed by atoms with Crippen molar-refractivity contribution in [3.63, 3.8) is 0 Å². The number of hydrogen-bond donors (Lipinski definition) is 1. The van der Waals surface area contributed by atoms with Gasteiger partial charge in [-0.3, -0.25) is 0 Å². The number of rotatable bonds is 7. The van der Waals surface area contributed by atoms with E-state index in [1.54, 1.807) is 11.3 Å². The lowest BCUT2D eigenvalue weighted by atomic mass is 9.83. The predicted octanol–water partition coefficient (Wildman–Crippen LogP) is 4.39. The van der Waals surface area contributed by atoms with Crippen molar-refractivity contribution in [3.8, 4) is 0 Å². The lowest BCUT2D eigenvalue weighted by molar-refractivity contribution is 0.0225. The van der Waals surface area contributed by atoms with Gasteiger partial charge < -0.3 is 10.5 Å². The Morgan fingerprint density at radius 1 is 1.50 bits per heavy atom. The first kappa shape index (κ1) is 14.3. The van der Waals surface area contributed by atoms with Crippen LogP contribution in [-0.2, 0) is 4.74 Å². The maximum atomic E-state index is 6.16. The van der Waals surface area contributed by atoms with Crippen molar-refractivity contribution >= 4 is 22.9 Å². The topological polar surface area (TPSA) is 35.2 Å². The summed E-state index contributed by atoms with van der Waals surface area (Å²) in [5, 5.41) is 0. The van der Waals surface area contributed by atoms with E-state index < -0.39 is 0 Å². The largest absolute Gasteiger partial charge is 0.371 e. The summed E-state index contributed by atoms with van der Waals surface area (Å²) in [6.07, 6.45) is 6.24. The molecule has 2 atom stereocenters. The molecule has 0 amide bonds. The minimum absolute atomic E-state index is 0.00702. The first-order valence-corrected chi connectivity index (χ1v) is 8.02. The van der Waals surface area contributed by atoms with Gasteiger partial charge in [0.05, 0.1) is 4.34 Å². The van der Waals surface area contributed by atoms with Crippen molar-refractivity contribution in [2.24, 2.45) is 11.7 Å². The normalized spacial score (nSPS) is 19.5. The molecule has 1 aliphatic carbocycles. The zero-order valence-electron chi connectivity index (χ0n) is 10.9. The van der Waals surface area contributed by atoms with Crippen LogP contribution < -0.4 is 5.73 Å². The average Bonchev–Trinajstić information content (AvgIpc) is 2.72. The quantitative estimate of drug-likeness (QED) is 0.807. The second-order valence-electron chi connectivity index (χ2n) is 5.09. The highest BCUT2D eigenvalue weighted by molar-refractivity contribution is 7.16. The van der Waals surface area contributed by atoms with Gasteiger partial charge >= 0.3 is 0 Å². The molecule has 1 saturated carbocycles. The number of nitrogens with two attached hydrogens (primary N) is 1.